The molecule has 14 rings (SSSR count). The Morgan fingerprint density at radius 3 is 0.840 bits per heavy atom. The summed E-state index contributed by atoms with van der Waals surface area (Å²) in [6.45, 7) is 0. The van der Waals surface area contributed by atoms with Crippen molar-refractivity contribution < 1.29 is 0 Å². The van der Waals surface area contributed by atoms with Crippen molar-refractivity contribution in [1.29, 1.82) is 0 Å². The van der Waals surface area contributed by atoms with Crippen molar-refractivity contribution in [2.75, 3.05) is 9.80 Å². The van der Waals surface area contributed by atoms with E-state index in [9.17, 15) is 0 Å². The second kappa shape index (κ2) is 18.4. The van der Waals surface area contributed by atoms with Gasteiger partial charge in [0.05, 0.1) is 5.41 Å². The Kier molecular flexibility index (Phi) is 10.8. The van der Waals surface area contributed by atoms with Crippen LogP contribution in [0.5, 0.6) is 0 Å². The van der Waals surface area contributed by atoms with Crippen LogP contribution in [0, 0.1) is 0 Å². The first-order valence-corrected chi connectivity index (χ1v) is 25.9. The number of rotatable bonds is 10. The Bertz CT molecular complexity index is 3770. The van der Waals surface area contributed by atoms with Crippen molar-refractivity contribution in [2.24, 2.45) is 0 Å². The molecule has 0 aliphatic heterocycles. The smallest absolute Gasteiger partial charge is 0.0725 e. The highest BCUT2D eigenvalue weighted by molar-refractivity contribution is 5.98. The van der Waals surface area contributed by atoms with Gasteiger partial charge in [-0.05, 0) is 162 Å². The third kappa shape index (κ3) is 7.49. The predicted octanol–water partition coefficient (Wildman–Crippen LogP) is 19.6. The molecular formula is C73H50N2. The summed E-state index contributed by atoms with van der Waals surface area (Å²) < 4.78 is 0. The minimum Gasteiger partial charge on any atom is -0.310 e. The first-order chi connectivity index (χ1) is 37.2. The molecule has 0 saturated carbocycles. The van der Waals surface area contributed by atoms with Gasteiger partial charge in [-0.15, -0.1) is 0 Å². The van der Waals surface area contributed by atoms with Crippen molar-refractivity contribution in [3.8, 4) is 66.8 Å². The summed E-state index contributed by atoms with van der Waals surface area (Å²) in [5.41, 5.74) is 25.7. The molecule has 2 heteroatoms. The van der Waals surface area contributed by atoms with E-state index in [1.165, 1.54) is 89.0 Å². The molecule has 0 aromatic heterocycles. The Balaban J connectivity index is 0.991. The van der Waals surface area contributed by atoms with Crippen molar-refractivity contribution in [3.05, 3.63) is 326 Å². The molecule has 0 bridgehead atoms. The average Bonchev–Trinajstić information content (AvgIpc) is 4.14. The van der Waals surface area contributed by atoms with Gasteiger partial charge in [-0.2, -0.15) is 0 Å². The molecule has 2 nitrogen and oxygen atoms in total. The molecule has 0 saturated heterocycles. The zero-order valence-corrected chi connectivity index (χ0v) is 41.3. The first-order valence-electron chi connectivity index (χ1n) is 25.9. The monoisotopic (exact) mass is 954 g/mol. The fourth-order valence-corrected chi connectivity index (χ4v) is 12.1. The van der Waals surface area contributed by atoms with E-state index in [2.05, 4.69) is 313 Å². The standard InChI is InChI=1S/C73H50N2/c1-5-19-51(20-6-1)55-35-39-59(40-36-55)74(61-29-17-27-57(47-61)53-23-9-3-10-24-53)63-43-45-71-67(49-63)68-50-64(44-46-72(68)73(71)69-33-15-13-31-65(69)66-32-14-16-34-70(66)73)75(60-41-37-56(38-42-60)52-21-7-2-8-22-52)62-30-18-28-58(48-62)54-25-11-4-12-26-54/h1-50H. The Morgan fingerprint density at radius 1 is 0.173 bits per heavy atom. The van der Waals surface area contributed by atoms with Crippen LogP contribution < -0.4 is 9.80 Å². The molecule has 75 heavy (non-hydrogen) atoms. The highest BCUT2D eigenvalue weighted by Crippen LogP contribution is 2.64. The van der Waals surface area contributed by atoms with Gasteiger partial charge >= 0.3 is 0 Å². The largest absolute Gasteiger partial charge is 0.310 e. The van der Waals surface area contributed by atoms with E-state index < -0.39 is 5.41 Å². The lowest BCUT2D eigenvalue weighted by molar-refractivity contribution is 0.793. The van der Waals surface area contributed by atoms with E-state index in [0.717, 1.165) is 34.1 Å². The summed E-state index contributed by atoms with van der Waals surface area (Å²) in [6.07, 6.45) is 0. The van der Waals surface area contributed by atoms with Crippen LogP contribution in [0.3, 0.4) is 0 Å². The lowest BCUT2D eigenvalue weighted by Crippen LogP contribution is -2.26. The van der Waals surface area contributed by atoms with Crippen LogP contribution in [0.15, 0.2) is 303 Å². The Labute approximate surface area is 439 Å². The Morgan fingerprint density at radius 2 is 0.453 bits per heavy atom. The SMILES string of the molecule is c1ccc(-c2ccc(N(c3cccc(-c4ccccc4)c3)c3ccc4c(c3)-c3cc(N(c5ccc(-c6ccccc6)cc5)c5cccc(-c6ccccc6)c5)ccc3C43c4ccccc4-c4ccccc43)cc2)cc1. The lowest BCUT2D eigenvalue weighted by Gasteiger charge is -2.32. The molecule has 2 aliphatic rings. The lowest BCUT2D eigenvalue weighted by atomic mass is 9.70. The molecule has 0 N–H and O–H groups in total. The third-order valence-electron chi connectivity index (χ3n) is 15.5. The number of hydrogen-bond acceptors (Lipinski definition) is 2. The normalized spacial score (nSPS) is 12.4. The summed E-state index contributed by atoms with van der Waals surface area (Å²) in [7, 11) is 0. The number of hydrogen-bond donors (Lipinski definition) is 0. The molecule has 0 atom stereocenters. The molecule has 12 aromatic rings. The first kappa shape index (κ1) is 44.0. The van der Waals surface area contributed by atoms with Crippen molar-refractivity contribution in [1.82, 2.24) is 0 Å². The molecule has 0 heterocycles. The van der Waals surface area contributed by atoms with Crippen LogP contribution in [0.25, 0.3) is 66.8 Å². The predicted molar refractivity (Wildman–Crippen MR) is 314 cm³/mol. The van der Waals surface area contributed by atoms with Crippen molar-refractivity contribution in [2.45, 2.75) is 5.41 Å². The summed E-state index contributed by atoms with van der Waals surface area (Å²) in [6, 6.07) is 111. The van der Waals surface area contributed by atoms with Crippen molar-refractivity contribution >= 4 is 34.1 Å². The number of fused-ring (bicyclic) bond motifs is 10. The maximum absolute atomic E-state index is 2.46. The van der Waals surface area contributed by atoms with Gasteiger partial charge in [-0.3, -0.25) is 0 Å². The van der Waals surface area contributed by atoms with E-state index in [0.29, 0.717) is 0 Å². The Hall–Kier alpha value is -9.76. The number of benzene rings is 12. The van der Waals surface area contributed by atoms with E-state index in [1.54, 1.807) is 0 Å². The quantitative estimate of drug-likeness (QED) is 0.135. The molecule has 0 radical (unpaired) electrons. The van der Waals surface area contributed by atoms with E-state index >= 15 is 0 Å². The molecule has 1 spiro atoms. The van der Waals surface area contributed by atoms with Crippen LogP contribution in [0.2, 0.25) is 0 Å². The summed E-state index contributed by atoms with van der Waals surface area (Å²) in [5.74, 6) is 0. The van der Waals surface area contributed by atoms with Gasteiger partial charge in [0, 0.05) is 34.1 Å². The molecule has 12 aromatic carbocycles. The molecule has 352 valence electrons. The molecule has 0 amide bonds. The zero-order valence-electron chi connectivity index (χ0n) is 41.3. The van der Waals surface area contributed by atoms with Gasteiger partial charge in [0.25, 0.3) is 0 Å². The van der Waals surface area contributed by atoms with Gasteiger partial charge in [-0.1, -0.05) is 231 Å². The van der Waals surface area contributed by atoms with Crippen LogP contribution in [0.1, 0.15) is 22.3 Å². The van der Waals surface area contributed by atoms with E-state index in [1.807, 2.05) is 0 Å². The van der Waals surface area contributed by atoms with Gasteiger partial charge in [0.15, 0.2) is 0 Å². The molecule has 0 fully saturated rings. The summed E-state index contributed by atoms with van der Waals surface area (Å²) in [4.78, 5) is 4.87. The topological polar surface area (TPSA) is 6.48 Å². The second-order valence-electron chi connectivity index (χ2n) is 19.6. The van der Waals surface area contributed by atoms with Gasteiger partial charge in [-0.25, -0.2) is 0 Å². The molecular weight excluding hydrogens is 905 g/mol. The zero-order chi connectivity index (χ0) is 49.7. The van der Waals surface area contributed by atoms with Crippen LogP contribution in [0.4, 0.5) is 34.1 Å². The fraction of sp³-hybridized carbons (Fsp3) is 0.0137. The van der Waals surface area contributed by atoms with Crippen LogP contribution in [-0.2, 0) is 5.41 Å². The van der Waals surface area contributed by atoms with Crippen molar-refractivity contribution in [3.63, 3.8) is 0 Å². The maximum atomic E-state index is 2.46. The van der Waals surface area contributed by atoms with Gasteiger partial charge in [0.2, 0.25) is 0 Å². The van der Waals surface area contributed by atoms with Gasteiger partial charge in [0.1, 0.15) is 0 Å². The second-order valence-corrected chi connectivity index (χ2v) is 19.6. The minimum absolute atomic E-state index is 0.528. The highest BCUT2D eigenvalue weighted by Gasteiger charge is 2.52. The minimum atomic E-state index is -0.528. The highest BCUT2D eigenvalue weighted by atomic mass is 15.1. The van der Waals surface area contributed by atoms with Crippen LogP contribution >= 0.6 is 0 Å². The van der Waals surface area contributed by atoms with E-state index in [-0.39, 0.29) is 0 Å². The average molecular weight is 955 g/mol. The number of anilines is 6. The fourth-order valence-electron chi connectivity index (χ4n) is 12.1. The molecule has 0 unspecified atom stereocenters. The third-order valence-corrected chi connectivity index (χ3v) is 15.5. The van der Waals surface area contributed by atoms with E-state index in [4.69, 9.17) is 0 Å². The number of nitrogens with zero attached hydrogens (tertiary/aromatic N) is 2. The molecule has 2 aliphatic carbocycles. The summed E-state index contributed by atoms with van der Waals surface area (Å²) >= 11 is 0. The maximum Gasteiger partial charge on any atom is 0.0725 e. The summed E-state index contributed by atoms with van der Waals surface area (Å²) in [5, 5.41) is 0. The van der Waals surface area contributed by atoms with Crippen LogP contribution in [-0.4, -0.2) is 0 Å². The van der Waals surface area contributed by atoms with Gasteiger partial charge < -0.3 is 9.80 Å².